The lowest BCUT2D eigenvalue weighted by molar-refractivity contribution is -0.137. The number of benzene rings is 4. The number of fused-ring (bicyclic) bond motifs is 3. The number of carbonyl (C=O) groups is 3. The lowest BCUT2D eigenvalue weighted by atomic mass is 9.83. The molecule has 3 heterocycles. The lowest BCUT2D eigenvalue weighted by Gasteiger charge is -2.31. The maximum Gasteiger partial charge on any atom is 0.418 e. The van der Waals surface area contributed by atoms with Gasteiger partial charge in [-0.25, -0.2) is 4.90 Å². The summed E-state index contributed by atoms with van der Waals surface area (Å²) in [7, 11) is 3.73. The number of hydrogen-bond acceptors (Lipinski definition) is 7. The lowest BCUT2D eigenvalue weighted by Crippen LogP contribution is -2.33. The number of thioether (sulfide) groups is 1. The average Bonchev–Trinajstić information content (AvgIpc) is 3.50. The van der Waals surface area contributed by atoms with Crippen LogP contribution in [0.4, 0.5) is 30.2 Å². The van der Waals surface area contributed by atoms with E-state index in [1.54, 1.807) is 18.2 Å². The molecule has 244 valence electrons. The number of thiazole rings is 1. The van der Waals surface area contributed by atoms with E-state index in [1.807, 2.05) is 67.5 Å². The topological polar surface area (TPSA) is 91.7 Å². The molecule has 1 saturated heterocycles. The van der Waals surface area contributed by atoms with Gasteiger partial charge in [-0.1, -0.05) is 77.7 Å². The second-order valence-electron chi connectivity index (χ2n) is 11.8. The maximum atomic E-state index is 14.1. The Balaban J connectivity index is 1.28. The first-order valence-corrected chi connectivity index (χ1v) is 16.6. The van der Waals surface area contributed by atoms with Crippen LogP contribution in [0.2, 0.25) is 0 Å². The van der Waals surface area contributed by atoms with Crippen molar-refractivity contribution in [1.82, 2.24) is 4.57 Å². The number of aromatic nitrogens is 1. The van der Waals surface area contributed by atoms with Crippen LogP contribution in [0.5, 0.6) is 0 Å². The molecule has 48 heavy (non-hydrogen) atoms. The van der Waals surface area contributed by atoms with E-state index in [9.17, 15) is 32.3 Å². The zero-order valence-electron chi connectivity index (χ0n) is 25.5. The number of alkyl halides is 3. The molecule has 4 aromatic carbocycles. The van der Waals surface area contributed by atoms with E-state index in [2.05, 4.69) is 5.32 Å². The van der Waals surface area contributed by atoms with Crippen molar-refractivity contribution in [3.05, 3.63) is 117 Å². The van der Waals surface area contributed by atoms with Gasteiger partial charge in [0.1, 0.15) is 11.8 Å². The largest absolute Gasteiger partial charge is 0.418 e. The number of amides is 3. The third-order valence-electron chi connectivity index (χ3n) is 8.60. The first kappa shape index (κ1) is 31.7. The Morgan fingerprint density at radius 3 is 2.27 bits per heavy atom. The summed E-state index contributed by atoms with van der Waals surface area (Å²) in [6.07, 6.45) is -4.81. The summed E-state index contributed by atoms with van der Waals surface area (Å²) in [5, 5.41) is 3.96. The van der Waals surface area contributed by atoms with Crippen LogP contribution >= 0.6 is 23.1 Å². The molecule has 1 N–H and O–H groups in total. The minimum atomic E-state index is -4.81. The molecule has 0 radical (unpaired) electrons. The number of anilines is 3. The van der Waals surface area contributed by atoms with Gasteiger partial charge >= 0.3 is 11.0 Å². The van der Waals surface area contributed by atoms with E-state index in [4.69, 9.17) is 0 Å². The number of imide groups is 1. The number of para-hydroxylation sites is 1. The van der Waals surface area contributed by atoms with Gasteiger partial charge < -0.3 is 10.2 Å². The Labute approximate surface area is 280 Å². The van der Waals surface area contributed by atoms with Crippen molar-refractivity contribution in [3.8, 4) is 0 Å². The second kappa shape index (κ2) is 12.0. The standard InChI is InChI=1S/C35H27F3N4O4S2/c1-40(2)23-15-12-20(13-16-23)27-28-29(32(45)42(31(28)44)25-10-6-5-9-24(25)35(36,37)38)47-33-30(27)48-34(46)41(33)18-26(43)39-22-14-11-19-7-3-4-8-21(19)17-22/h3-17,27-29H,18H2,1-2H3,(H,39,43)/t27-,28-,29+/m0/s1. The highest BCUT2D eigenvalue weighted by atomic mass is 32.2. The molecule has 2 aliphatic rings. The Bertz CT molecular complexity index is 2160. The molecule has 8 nitrogen and oxygen atoms in total. The van der Waals surface area contributed by atoms with Gasteiger partial charge in [0.2, 0.25) is 17.7 Å². The van der Waals surface area contributed by atoms with Crippen LogP contribution in [-0.4, -0.2) is 41.6 Å². The molecule has 13 heteroatoms. The second-order valence-corrected chi connectivity index (χ2v) is 13.9. The molecule has 3 atom stereocenters. The van der Waals surface area contributed by atoms with E-state index >= 15 is 0 Å². The molecular weight excluding hydrogens is 662 g/mol. The quantitative estimate of drug-likeness (QED) is 0.203. The number of halogens is 3. The van der Waals surface area contributed by atoms with E-state index in [0.717, 1.165) is 51.7 Å². The van der Waals surface area contributed by atoms with Gasteiger partial charge in [-0.3, -0.25) is 23.7 Å². The summed E-state index contributed by atoms with van der Waals surface area (Å²) in [4.78, 5) is 57.5. The number of nitrogens with zero attached hydrogens (tertiary/aromatic N) is 3. The van der Waals surface area contributed by atoms with Crippen molar-refractivity contribution in [2.45, 2.75) is 28.9 Å². The van der Waals surface area contributed by atoms with Gasteiger partial charge in [0.05, 0.1) is 22.2 Å². The predicted molar refractivity (Wildman–Crippen MR) is 181 cm³/mol. The van der Waals surface area contributed by atoms with Crippen LogP contribution in [0, 0.1) is 5.92 Å². The summed E-state index contributed by atoms with van der Waals surface area (Å²) < 4.78 is 43.4. The van der Waals surface area contributed by atoms with Crippen molar-refractivity contribution in [2.24, 2.45) is 5.92 Å². The van der Waals surface area contributed by atoms with Gasteiger partial charge in [0.15, 0.2) is 0 Å². The van der Waals surface area contributed by atoms with Gasteiger partial charge in [-0.05, 0) is 52.7 Å². The van der Waals surface area contributed by atoms with Crippen LogP contribution in [0.3, 0.4) is 0 Å². The number of carbonyl (C=O) groups excluding carboxylic acids is 3. The summed E-state index contributed by atoms with van der Waals surface area (Å²) in [6.45, 7) is -0.364. The molecular formula is C35H27F3N4O4S2. The van der Waals surface area contributed by atoms with Crippen LogP contribution in [0.15, 0.2) is 101 Å². The van der Waals surface area contributed by atoms with E-state index in [1.165, 1.54) is 16.7 Å². The van der Waals surface area contributed by atoms with Crippen molar-refractivity contribution < 1.29 is 27.6 Å². The van der Waals surface area contributed by atoms with Gasteiger partial charge in [-0.15, -0.1) is 0 Å². The molecule has 1 fully saturated rings. The number of hydrogen-bond donors (Lipinski definition) is 1. The summed E-state index contributed by atoms with van der Waals surface area (Å²) in [6, 6.07) is 24.9. The highest BCUT2D eigenvalue weighted by molar-refractivity contribution is 8.00. The SMILES string of the molecule is CN(C)c1ccc([C@@H]2c3sc(=O)n(CC(=O)Nc4ccc5ccccc5c4)c3S[C@H]3C(=O)N(c4ccccc4C(F)(F)F)C(=O)[C@@H]23)cc1. The fourth-order valence-corrected chi connectivity index (χ4v) is 9.12. The fraction of sp³-hybridized carbons (Fsp3) is 0.200. The molecule has 0 aliphatic carbocycles. The van der Waals surface area contributed by atoms with Gasteiger partial charge in [0, 0.05) is 36.3 Å². The smallest absolute Gasteiger partial charge is 0.378 e. The molecule has 0 spiro atoms. The monoisotopic (exact) mass is 688 g/mol. The van der Waals surface area contributed by atoms with Crippen LogP contribution in [0.1, 0.15) is 21.9 Å². The fourth-order valence-electron chi connectivity index (χ4n) is 6.35. The zero-order valence-corrected chi connectivity index (χ0v) is 27.2. The van der Waals surface area contributed by atoms with E-state index < -0.39 is 57.1 Å². The van der Waals surface area contributed by atoms with Crippen LogP contribution in [-0.2, 0) is 27.1 Å². The molecule has 1 aromatic heterocycles. The van der Waals surface area contributed by atoms with Crippen LogP contribution in [0.25, 0.3) is 10.8 Å². The third kappa shape index (κ3) is 5.46. The average molecular weight is 689 g/mol. The minimum absolute atomic E-state index is 0.341. The number of nitrogens with one attached hydrogen (secondary N) is 1. The Morgan fingerprint density at radius 1 is 0.875 bits per heavy atom. The first-order chi connectivity index (χ1) is 22.9. The highest BCUT2D eigenvalue weighted by Gasteiger charge is 2.57. The van der Waals surface area contributed by atoms with Gasteiger partial charge in [0.25, 0.3) is 0 Å². The molecule has 2 aliphatic heterocycles. The highest BCUT2D eigenvalue weighted by Crippen LogP contribution is 2.54. The van der Waals surface area contributed by atoms with E-state index in [0.29, 0.717) is 26.1 Å². The molecule has 7 rings (SSSR count). The van der Waals surface area contributed by atoms with Crippen molar-refractivity contribution >= 4 is 68.7 Å². The zero-order chi connectivity index (χ0) is 33.9. The maximum absolute atomic E-state index is 14.1. The summed E-state index contributed by atoms with van der Waals surface area (Å²) in [5.41, 5.74) is 0.397. The molecule has 0 bridgehead atoms. The molecule has 5 aromatic rings. The van der Waals surface area contributed by atoms with Crippen molar-refractivity contribution in [2.75, 3.05) is 29.2 Å². The van der Waals surface area contributed by atoms with Gasteiger partial charge in [-0.2, -0.15) is 13.2 Å². The minimum Gasteiger partial charge on any atom is -0.378 e. The Kier molecular flexibility index (Phi) is 7.91. The normalized spacial score (nSPS) is 18.9. The Morgan fingerprint density at radius 2 is 1.56 bits per heavy atom. The number of rotatable bonds is 6. The first-order valence-electron chi connectivity index (χ1n) is 14.9. The summed E-state index contributed by atoms with van der Waals surface area (Å²) in [5.74, 6) is -3.96. The van der Waals surface area contributed by atoms with Crippen molar-refractivity contribution in [1.29, 1.82) is 0 Å². The third-order valence-corrected chi connectivity index (χ3v) is 11.2. The van der Waals surface area contributed by atoms with Crippen molar-refractivity contribution in [3.63, 3.8) is 0 Å². The van der Waals surface area contributed by atoms with E-state index in [-0.39, 0.29) is 6.54 Å². The predicted octanol–water partition coefficient (Wildman–Crippen LogP) is 6.58. The molecule has 3 amide bonds. The van der Waals surface area contributed by atoms with Crippen LogP contribution < -0.4 is 20.0 Å². The Hall–Kier alpha value is -4.88. The molecule has 0 saturated carbocycles. The molecule has 0 unspecified atom stereocenters. The summed E-state index contributed by atoms with van der Waals surface area (Å²) >= 11 is 1.82.